The number of aryl methyl sites for hydroxylation is 4. The van der Waals surface area contributed by atoms with Gasteiger partial charge in [-0.3, -0.25) is 9.69 Å². The van der Waals surface area contributed by atoms with Crippen LogP contribution < -0.4 is 9.80 Å². The topological polar surface area (TPSA) is 122 Å². The highest BCUT2D eigenvalue weighted by atomic mass is 32.2. The first-order valence-corrected chi connectivity index (χ1v) is 19.5. The molecule has 0 aliphatic carbocycles. The molecule has 0 N–H and O–H groups in total. The molecule has 0 radical (unpaired) electrons. The Kier molecular flexibility index (Phi) is 10.7. The Labute approximate surface area is 305 Å². The molecule has 0 saturated carbocycles. The zero-order valence-electron chi connectivity index (χ0n) is 31.0. The third-order valence-corrected chi connectivity index (χ3v) is 11.6. The molecular weight excluding hydrogens is 675 g/mol. The van der Waals surface area contributed by atoms with E-state index < -0.39 is 9.84 Å². The van der Waals surface area contributed by atoms with Crippen LogP contribution in [0.15, 0.2) is 73.6 Å². The molecule has 12 nitrogen and oxygen atoms in total. The largest absolute Gasteiger partial charge is 0.334 e. The van der Waals surface area contributed by atoms with Crippen molar-refractivity contribution in [3.8, 4) is 0 Å². The molecule has 1 fully saturated rings. The maximum atomic E-state index is 11.8. The van der Waals surface area contributed by atoms with Gasteiger partial charge in [0, 0.05) is 76.6 Å². The minimum atomic E-state index is -2.97. The highest BCUT2D eigenvalue weighted by Crippen LogP contribution is 2.31. The highest BCUT2D eigenvalue weighted by Gasteiger charge is 2.30. The molecule has 0 amide bonds. The summed E-state index contributed by atoms with van der Waals surface area (Å²) in [6.07, 6.45) is 11.9. The van der Waals surface area contributed by atoms with E-state index >= 15 is 0 Å². The summed E-state index contributed by atoms with van der Waals surface area (Å²) in [5.41, 5.74) is 10.3. The average Bonchev–Trinajstić information content (AvgIpc) is 3.89. The third-order valence-electron chi connectivity index (χ3n) is 9.99. The summed E-state index contributed by atoms with van der Waals surface area (Å²) in [7, 11) is 5.01. The fourth-order valence-corrected chi connectivity index (χ4v) is 7.85. The van der Waals surface area contributed by atoms with Crippen molar-refractivity contribution < 1.29 is 13.2 Å². The molecule has 5 heterocycles. The lowest BCUT2D eigenvalue weighted by atomic mass is 10.0. The quantitative estimate of drug-likeness (QED) is 0.155. The van der Waals surface area contributed by atoms with Crippen LogP contribution >= 0.6 is 0 Å². The second-order valence-electron chi connectivity index (χ2n) is 13.5. The average molecular weight is 722 g/mol. The fourth-order valence-electron chi connectivity index (χ4n) is 6.84. The van der Waals surface area contributed by atoms with Crippen LogP contribution in [-0.4, -0.2) is 87.4 Å². The Bertz CT molecular complexity index is 2330. The van der Waals surface area contributed by atoms with Gasteiger partial charge < -0.3 is 18.9 Å². The van der Waals surface area contributed by atoms with Crippen LogP contribution in [-0.2, 0) is 43.3 Å². The van der Waals surface area contributed by atoms with Gasteiger partial charge in [-0.25, -0.2) is 28.4 Å². The summed E-state index contributed by atoms with van der Waals surface area (Å²) >= 11 is 0. The number of fused-ring (bicyclic) bond motifs is 2. The number of pyridine rings is 2. The van der Waals surface area contributed by atoms with E-state index in [0.717, 1.165) is 89.3 Å². The molecule has 1 aliphatic rings. The first-order valence-electron chi connectivity index (χ1n) is 17.5. The number of hydrogen-bond acceptors (Lipinski definition) is 10. The van der Waals surface area contributed by atoms with Crippen molar-refractivity contribution in [1.29, 1.82) is 0 Å². The predicted molar refractivity (Wildman–Crippen MR) is 209 cm³/mol. The molecule has 1 aliphatic heterocycles. The molecule has 272 valence electrons. The summed E-state index contributed by atoms with van der Waals surface area (Å²) in [6, 6.07) is 16.3. The van der Waals surface area contributed by atoms with Gasteiger partial charge in [0.25, 0.3) is 0 Å². The normalized spacial score (nSPS) is 14.8. The van der Waals surface area contributed by atoms with E-state index in [0.29, 0.717) is 12.1 Å². The fraction of sp³-hybridized carbons (Fsp3) is 0.359. The van der Waals surface area contributed by atoms with Crippen molar-refractivity contribution in [2.24, 2.45) is 14.1 Å². The summed E-state index contributed by atoms with van der Waals surface area (Å²) in [5.74, 6) is 1.73. The number of imidazole rings is 2. The number of benzene rings is 2. The monoisotopic (exact) mass is 721 g/mol. The van der Waals surface area contributed by atoms with Crippen LogP contribution in [0.5, 0.6) is 0 Å². The summed E-state index contributed by atoms with van der Waals surface area (Å²) < 4.78 is 27.6. The lowest BCUT2D eigenvalue weighted by Gasteiger charge is -2.23. The minimum Gasteiger partial charge on any atom is -0.334 e. The van der Waals surface area contributed by atoms with E-state index in [1.165, 1.54) is 17.4 Å². The van der Waals surface area contributed by atoms with Gasteiger partial charge >= 0.3 is 0 Å². The van der Waals surface area contributed by atoms with E-state index in [1.807, 2.05) is 72.7 Å². The van der Waals surface area contributed by atoms with Crippen molar-refractivity contribution in [3.63, 3.8) is 0 Å². The van der Waals surface area contributed by atoms with Gasteiger partial charge in [0.05, 0.1) is 41.3 Å². The number of rotatable bonds is 10. The van der Waals surface area contributed by atoms with Crippen molar-refractivity contribution in [1.82, 2.24) is 34.0 Å². The lowest BCUT2D eigenvalue weighted by molar-refractivity contribution is 0.112. The molecule has 2 aromatic carbocycles. The van der Waals surface area contributed by atoms with Crippen LogP contribution in [0, 0.1) is 0 Å². The number of carbonyl (C=O) groups excluding carboxylic acids is 1. The number of aldehydes is 1. The van der Waals surface area contributed by atoms with Gasteiger partial charge in [0.2, 0.25) is 0 Å². The number of aromatic nitrogens is 6. The summed E-state index contributed by atoms with van der Waals surface area (Å²) in [4.78, 5) is 35.1. The molecule has 6 aromatic rings. The Morgan fingerprint density at radius 2 is 1.33 bits per heavy atom. The zero-order chi connectivity index (χ0) is 37.2. The van der Waals surface area contributed by atoms with E-state index in [9.17, 15) is 13.2 Å². The van der Waals surface area contributed by atoms with Crippen LogP contribution in [0.4, 0.5) is 23.0 Å². The smallest absolute Gasteiger partial charge is 0.151 e. The molecular formula is C39H47N9O3S. The maximum Gasteiger partial charge on any atom is 0.151 e. The van der Waals surface area contributed by atoms with E-state index in [1.54, 1.807) is 18.9 Å². The van der Waals surface area contributed by atoms with Crippen molar-refractivity contribution in [3.05, 3.63) is 95.8 Å². The van der Waals surface area contributed by atoms with Gasteiger partial charge in [-0.1, -0.05) is 26.0 Å². The summed E-state index contributed by atoms with van der Waals surface area (Å²) in [5, 5.41) is -0.235. The first kappa shape index (κ1) is 36.6. The Morgan fingerprint density at radius 1 is 0.788 bits per heavy atom. The van der Waals surface area contributed by atoms with Crippen molar-refractivity contribution >= 4 is 61.2 Å². The molecule has 4 aromatic heterocycles. The summed E-state index contributed by atoms with van der Waals surface area (Å²) in [6.45, 7) is 6.47. The third kappa shape index (κ3) is 7.70. The van der Waals surface area contributed by atoms with E-state index in [4.69, 9.17) is 0 Å². The number of sulfone groups is 1. The first-order chi connectivity index (χ1) is 24.9. The number of carbonyl (C=O) groups is 1. The number of anilines is 4. The van der Waals surface area contributed by atoms with Crippen molar-refractivity contribution in [2.75, 3.05) is 43.2 Å². The molecule has 0 spiro atoms. The predicted octanol–water partition coefficient (Wildman–Crippen LogP) is 6.03. The van der Waals surface area contributed by atoms with Crippen LogP contribution in [0.3, 0.4) is 0 Å². The molecule has 1 saturated heterocycles. The van der Waals surface area contributed by atoms with E-state index in [2.05, 4.69) is 67.8 Å². The molecule has 13 heteroatoms. The zero-order valence-corrected chi connectivity index (χ0v) is 31.8. The Hall–Kier alpha value is -5.14. The van der Waals surface area contributed by atoms with Gasteiger partial charge in [-0.2, -0.15) is 0 Å². The van der Waals surface area contributed by atoms with Crippen LogP contribution in [0.1, 0.15) is 47.3 Å². The molecule has 1 atom stereocenters. The van der Waals surface area contributed by atoms with Gasteiger partial charge in [0.15, 0.2) is 9.84 Å². The second-order valence-corrected chi connectivity index (χ2v) is 15.9. The standard InChI is InChI=1S/C22H29N5O2S.C17H18N4O/c1-5-17-10-16(13-27-9-8-18(14-27)30(4,28)29)6-7-20(17)26(3)22-11-21-19(12-23-22)24-15-25(21)2;1-4-13-7-12(10-22)5-6-15(13)21(3)17-8-16-14(9-18-17)19-11-20(16)2/h6-7,10-12,15,18H,5,8-9,13-14H2,1-4H3;5-11H,4H2,1-3H3. The SMILES string of the molecule is CCc1cc(C=O)ccc1N(C)c1cc2c(cn1)ncn2C.CCc1cc(CN2CCC(S(C)(=O)=O)C2)ccc1N(C)c1cc2c(cn1)ncn2C. The molecule has 1 unspecified atom stereocenters. The highest BCUT2D eigenvalue weighted by molar-refractivity contribution is 7.91. The Morgan fingerprint density at radius 3 is 1.83 bits per heavy atom. The van der Waals surface area contributed by atoms with Crippen molar-refractivity contribution in [2.45, 2.75) is 44.9 Å². The maximum absolute atomic E-state index is 11.8. The number of nitrogens with zero attached hydrogens (tertiary/aromatic N) is 9. The van der Waals surface area contributed by atoms with Gasteiger partial charge in [-0.05, 0) is 66.8 Å². The van der Waals surface area contributed by atoms with Crippen LogP contribution in [0.25, 0.3) is 22.1 Å². The number of likely N-dealkylation sites (tertiary alicyclic amines) is 1. The lowest BCUT2D eigenvalue weighted by Crippen LogP contribution is -2.26. The Balaban J connectivity index is 0.000000187. The van der Waals surface area contributed by atoms with Gasteiger partial charge in [0.1, 0.15) is 29.0 Å². The molecule has 7 rings (SSSR count). The van der Waals surface area contributed by atoms with Gasteiger partial charge in [-0.15, -0.1) is 0 Å². The number of hydrogen-bond donors (Lipinski definition) is 0. The molecule has 0 bridgehead atoms. The molecule has 52 heavy (non-hydrogen) atoms. The second kappa shape index (κ2) is 15.2. The minimum absolute atomic E-state index is 0.235. The van der Waals surface area contributed by atoms with Crippen LogP contribution in [0.2, 0.25) is 0 Å². The van der Waals surface area contributed by atoms with E-state index in [-0.39, 0.29) is 5.25 Å².